The lowest BCUT2D eigenvalue weighted by Crippen LogP contribution is -2.16. The molecule has 0 unspecified atom stereocenters. The van der Waals surface area contributed by atoms with Crippen molar-refractivity contribution in [3.05, 3.63) is 87.0 Å². The highest BCUT2D eigenvalue weighted by Gasteiger charge is 2.09. The van der Waals surface area contributed by atoms with Crippen molar-refractivity contribution in [2.75, 3.05) is 0 Å². The third-order valence-corrected chi connectivity index (χ3v) is 5.57. The van der Waals surface area contributed by atoms with Crippen LogP contribution in [0.25, 0.3) is 27.6 Å². The number of benzene rings is 2. The number of fused-ring (bicyclic) bond motifs is 2. The van der Waals surface area contributed by atoms with Gasteiger partial charge in [0, 0.05) is 6.07 Å². The van der Waals surface area contributed by atoms with Crippen molar-refractivity contribution in [2.24, 2.45) is 0 Å². The van der Waals surface area contributed by atoms with Crippen molar-refractivity contribution in [1.29, 1.82) is 5.26 Å². The van der Waals surface area contributed by atoms with Crippen LogP contribution in [0.5, 0.6) is 5.75 Å². The van der Waals surface area contributed by atoms with Crippen LogP contribution < -0.4 is 10.3 Å². The number of para-hydroxylation sites is 2. The maximum absolute atomic E-state index is 12.1. The number of aromatic nitrogens is 5. The van der Waals surface area contributed by atoms with Gasteiger partial charge in [-0.15, -0.1) is 0 Å². The lowest BCUT2D eigenvalue weighted by Gasteiger charge is -2.06. The van der Waals surface area contributed by atoms with Gasteiger partial charge < -0.3 is 9.72 Å². The van der Waals surface area contributed by atoms with Gasteiger partial charge in [-0.25, -0.2) is 9.97 Å². The Morgan fingerprint density at radius 2 is 2.03 bits per heavy atom. The summed E-state index contributed by atoms with van der Waals surface area (Å²) in [4.78, 5) is 24.8. The summed E-state index contributed by atoms with van der Waals surface area (Å²) in [5.41, 5.74) is 3.28. The Morgan fingerprint density at radius 3 is 2.81 bits per heavy atom. The molecule has 9 heteroatoms. The van der Waals surface area contributed by atoms with Gasteiger partial charge in [0.15, 0.2) is 0 Å². The van der Waals surface area contributed by atoms with Crippen LogP contribution in [0.2, 0.25) is 0 Å². The van der Waals surface area contributed by atoms with Crippen LogP contribution in [0.15, 0.2) is 59.4 Å². The number of rotatable bonds is 5. The smallest absolute Gasteiger partial charge is 0.275 e. The Labute approximate surface area is 186 Å². The average molecular weight is 440 g/mol. The fourth-order valence-corrected chi connectivity index (χ4v) is 4.01. The monoisotopic (exact) mass is 440 g/mol. The van der Waals surface area contributed by atoms with Crippen LogP contribution in [0.4, 0.5) is 0 Å². The number of aromatic amines is 1. The molecule has 1 N–H and O–H groups in total. The van der Waals surface area contributed by atoms with E-state index in [1.165, 1.54) is 21.9 Å². The minimum absolute atomic E-state index is 0.167. The molecule has 32 heavy (non-hydrogen) atoms. The molecule has 5 aromatic rings. The second-order valence-electron chi connectivity index (χ2n) is 7.03. The number of H-pyrrole nitrogens is 1. The number of aryl methyl sites for hydroxylation is 1. The zero-order valence-electron chi connectivity index (χ0n) is 16.9. The molecule has 0 aliphatic carbocycles. The number of allylic oxidation sites excluding steroid dienone is 1. The van der Waals surface area contributed by atoms with Crippen molar-refractivity contribution >= 4 is 39.0 Å². The summed E-state index contributed by atoms with van der Waals surface area (Å²) in [6, 6.07) is 18.6. The van der Waals surface area contributed by atoms with Crippen molar-refractivity contribution in [3.63, 3.8) is 0 Å². The van der Waals surface area contributed by atoms with E-state index in [9.17, 15) is 10.1 Å². The summed E-state index contributed by atoms with van der Waals surface area (Å²) in [5, 5.41) is 14.5. The molecule has 0 saturated heterocycles. The van der Waals surface area contributed by atoms with Crippen LogP contribution in [0.1, 0.15) is 22.1 Å². The van der Waals surface area contributed by atoms with Gasteiger partial charge in [0.1, 0.15) is 29.3 Å². The lowest BCUT2D eigenvalue weighted by molar-refractivity contribution is 0.301. The topological polar surface area (TPSA) is 109 Å². The molecule has 0 aliphatic rings. The lowest BCUT2D eigenvalue weighted by atomic mass is 10.1. The molecule has 0 aliphatic heterocycles. The minimum Gasteiger partial charge on any atom is -0.487 e. The Bertz CT molecular complexity index is 1540. The van der Waals surface area contributed by atoms with Crippen LogP contribution >= 0.6 is 11.3 Å². The highest BCUT2D eigenvalue weighted by Crippen LogP contribution is 2.21. The van der Waals surface area contributed by atoms with Gasteiger partial charge in [-0.3, -0.25) is 4.79 Å². The molecule has 0 fully saturated rings. The first kappa shape index (κ1) is 19.7. The Hall–Kier alpha value is -4.29. The summed E-state index contributed by atoms with van der Waals surface area (Å²) in [5.74, 6) is 1.16. The van der Waals surface area contributed by atoms with Gasteiger partial charge in [-0.1, -0.05) is 35.6 Å². The number of nitrogens with one attached hydrogen (secondary N) is 1. The first-order valence-electron chi connectivity index (χ1n) is 9.75. The van der Waals surface area contributed by atoms with E-state index in [0.717, 1.165) is 21.6 Å². The molecular formula is C23H16N6O2S. The predicted molar refractivity (Wildman–Crippen MR) is 122 cm³/mol. The molecule has 0 amide bonds. The highest BCUT2D eigenvalue weighted by molar-refractivity contribution is 7.16. The Morgan fingerprint density at radius 1 is 1.22 bits per heavy atom. The normalized spacial score (nSPS) is 11.7. The molecule has 0 atom stereocenters. The summed E-state index contributed by atoms with van der Waals surface area (Å²) in [6.45, 7) is 2.00. The Balaban J connectivity index is 1.32. The first-order valence-corrected chi connectivity index (χ1v) is 10.6. The summed E-state index contributed by atoms with van der Waals surface area (Å²) in [6.07, 6.45) is 1.77. The summed E-state index contributed by atoms with van der Waals surface area (Å²) < 4.78 is 7.07. The van der Waals surface area contributed by atoms with E-state index in [4.69, 9.17) is 4.74 Å². The molecule has 3 heterocycles. The number of nitrogens with zero attached hydrogens (tertiary/aromatic N) is 5. The maximum atomic E-state index is 12.1. The summed E-state index contributed by atoms with van der Waals surface area (Å²) >= 11 is 1.36. The second kappa shape index (κ2) is 8.09. The van der Waals surface area contributed by atoms with E-state index >= 15 is 0 Å². The molecule has 2 aromatic carbocycles. The molecule has 5 rings (SSSR count). The van der Waals surface area contributed by atoms with Gasteiger partial charge in [-0.2, -0.15) is 14.9 Å². The predicted octanol–water partition coefficient (Wildman–Crippen LogP) is 3.98. The Kier molecular flexibility index (Phi) is 4.97. The number of imidazole rings is 1. The van der Waals surface area contributed by atoms with Crippen molar-refractivity contribution < 1.29 is 4.74 Å². The van der Waals surface area contributed by atoms with Gasteiger partial charge >= 0.3 is 0 Å². The third-order valence-electron chi connectivity index (χ3n) is 4.74. The fourth-order valence-electron chi connectivity index (χ4n) is 3.24. The quantitative estimate of drug-likeness (QED) is 0.414. The number of nitriles is 1. The van der Waals surface area contributed by atoms with E-state index in [-0.39, 0.29) is 12.2 Å². The van der Waals surface area contributed by atoms with Gasteiger partial charge in [-0.05, 0) is 42.8 Å². The first-order chi connectivity index (χ1) is 15.6. The largest absolute Gasteiger partial charge is 0.487 e. The molecular weight excluding hydrogens is 424 g/mol. The number of ether oxygens (including phenoxy) is 1. The molecule has 3 aromatic heterocycles. The maximum Gasteiger partial charge on any atom is 0.275 e. The van der Waals surface area contributed by atoms with E-state index in [1.54, 1.807) is 6.08 Å². The van der Waals surface area contributed by atoms with Crippen LogP contribution in [0, 0.1) is 18.3 Å². The van der Waals surface area contributed by atoms with E-state index in [2.05, 4.69) is 26.1 Å². The van der Waals surface area contributed by atoms with Crippen LogP contribution in [-0.2, 0) is 6.61 Å². The standard InChI is InChI=1S/C23H16N6O2S/c1-14-28-29-21(30)11-17(25-23(29)32-14)13-31-18-8-6-15(7-9-18)10-16(12-24)22-26-19-4-2-3-5-20(19)27-22/h2-11H,13H2,1H3,(H,26,27)/b16-10+. The van der Waals surface area contributed by atoms with E-state index in [0.29, 0.717) is 27.8 Å². The SMILES string of the molecule is Cc1nn2c(=O)cc(COc3ccc(/C=C(\C#N)c4nc5ccccc5[nH]4)cc3)nc2s1. The van der Waals surface area contributed by atoms with Crippen LogP contribution in [-0.4, -0.2) is 24.6 Å². The van der Waals surface area contributed by atoms with Gasteiger partial charge in [0.25, 0.3) is 5.56 Å². The average Bonchev–Trinajstić information content (AvgIpc) is 3.40. The second-order valence-corrected chi connectivity index (χ2v) is 8.19. The van der Waals surface area contributed by atoms with Crippen molar-refractivity contribution in [1.82, 2.24) is 24.6 Å². The third kappa shape index (κ3) is 3.87. The van der Waals surface area contributed by atoms with Crippen molar-refractivity contribution in [2.45, 2.75) is 13.5 Å². The minimum atomic E-state index is -0.229. The van der Waals surface area contributed by atoms with E-state index in [1.807, 2.05) is 55.5 Å². The number of hydrogen-bond acceptors (Lipinski definition) is 7. The zero-order chi connectivity index (χ0) is 22.1. The molecule has 0 radical (unpaired) electrons. The zero-order valence-corrected chi connectivity index (χ0v) is 17.8. The van der Waals surface area contributed by atoms with Gasteiger partial charge in [0.05, 0.1) is 22.3 Å². The molecule has 0 bridgehead atoms. The molecule has 0 spiro atoms. The molecule has 8 nitrogen and oxygen atoms in total. The van der Waals surface area contributed by atoms with Gasteiger partial charge in [0.2, 0.25) is 4.96 Å². The van der Waals surface area contributed by atoms with E-state index < -0.39 is 0 Å². The van der Waals surface area contributed by atoms with Crippen LogP contribution in [0.3, 0.4) is 0 Å². The number of hydrogen-bond donors (Lipinski definition) is 1. The molecule has 0 saturated carbocycles. The highest BCUT2D eigenvalue weighted by atomic mass is 32.1. The summed E-state index contributed by atoms with van der Waals surface area (Å²) in [7, 11) is 0. The van der Waals surface area contributed by atoms with Crippen molar-refractivity contribution in [3.8, 4) is 11.8 Å². The fraction of sp³-hybridized carbons (Fsp3) is 0.0870. The molecule has 156 valence electrons.